The predicted molar refractivity (Wildman–Crippen MR) is 93.0 cm³/mol. The van der Waals surface area contributed by atoms with E-state index in [9.17, 15) is 0 Å². The highest BCUT2D eigenvalue weighted by molar-refractivity contribution is 6.88. The van der Waals surface area contributed by atoms with E-state index in [0.29, 0.717) is 0 Å². The maximum atomic E-state index is 4.64. The number of rotatable bonds is 3. The molecule has 0 spiro atoms. The van der Waals surface area contributed by atoms with Crippen LogP contribution in [0.25, 0.3) is 11.0 Å². The average Bonchev–Trinajstić information content (AvgIpc) is 2.75. The van der Waals surface area contributed by atoms with Crippen molar-refractivity contribution < 1.29 is 0 Å². The van der Waals surface area contributed by atoms with Crippen molar-refractivity contribution in [2.75, 3.05) is 0 Å². The molecule has 0 amide bonds. The second-order valence-corrected chi connectivity index (χ2v) is 11.8. The summed E-state index contributed by atoms with van der Waals surface area (Å²) in [7, 11) is -1.21. The minimum Gasteiger partial charge on any atom is -0.324 e. The highest BCUT2D eigenvalue weighted by Gasteiger charge is 2.15. The first kappa shape index (κ1) is 14.1. The van der Waals surface area contributed by atoms with Crippen molar-refractivity contribution in [3.05, 3.63) is 59.9 Å². The Morgan fingerprint density at radius 2 is 1.62 bits per heavy atom. The Morgan fingerprint density at radius 1 is 0.952 bits per heavy atom. The molecule has 0 saturated heterocycles. The van der Waals surface area contributed by atoms with Gasteiger partial charge in [-0.1, -0.05) is 61.2 Å². The van der Waals surface area contributed by atoms with Gasteiger partial charge in [-0.25, -0.2) is 4.98 Å². The van der Waals surface area contributed by atoms with Gasteiger partial charge in [-0.05, 0) is 24.6 Å². The Labute approximate surface area is 127 Å². The van der Waals surface area contributed by atoms with Gasteiger partial charge in [0, 0.05) is 6.54 Å². The third-order valence-corrected chi connectivity index (χ3v) is 6.07. The van der Waals surface area contributed by atoms with Crippen LogP contribution in [0, 0.1) is 6.92 Å². The largest absolute Gasteiger partial charge is 0.324 e. The molecule has 2 nitrogen and oxygen atoms in total. The van der Waals surface area contributed by atoms with E-state index < -0.39 is 8.07 Å². The fourth-order valence-corrected chi connectivity index (χ4v) is 3.85. The van der Waals surface area contributed by atoms with Crippen LogP contribution in [-0.2, 0) is 6.54 Å². The first-order valence-corrected chi connectivity index (χ1v) is 11.0. The fourth-order valence-electron chi connectivity index (χ4n) is 2.69. The zero-order valence-electron chi connectivity index (χ0n) is 13.2. The number of hydrogen-bond acceptors (Lipinski definition) is 1. The predicted octanol–water partition coefficient (Wildman–Crippen LogP) is 3.94. The summed E-state index contributed by atoms with van der Waals surface area (Å²) in [6.07, 6.45) is 0. The second-order valence-electron chi connectivity index (χ2n) is 6.68. The second kappa shape index (κ2) is 5.15. The molecule has 0 radical (unpaired) electrons. The molecule has 1 heterocycles. The maximum absolute atomic E-state index is 4.64. The standard InChI is InChI=1S/C18H22N2Si/c1-14-19-17-7-5-6-8-18(17)20(14)13-15-9-11-16(12-10-15)21(2,3)4/h5-12H,13H2,1-4H3. The van der Waals surface area contributed by atoms with E-state index in [1.807, 2.05) is 6.07 Å². The summed E-state index contributed by atoms with van der Waals surface area (Å²) in [5.41, 5.74) is 3.63. The van der Waals surface area contributed by atoms with Crippen LogP contribution >= 0.6 is 0 Å². The lowest BCUT2D eigenvalue weighted by Gasteiger charge is -2.17. The lowest BCUT2D eigenvalue weighted by atomic mass is 10.2. The molecule has 0 aliphatic carbocycles. The zero-order chi connectivity index (χ0) is 15.0. The van der Waals surface area contributed by atoms with Crippen molar-refractivity contribution >= 4 is 24.3 Å². The van der Waals surface area contributed by atoms with E-state index in [2.05, 4.69) is 78.6 Å². The molecule has 0 atom stereocenters. The van der Waals surface area contributed by atoms with Gasteiger partial charge in [0.15, 0.2) is 0 Å². The van der Waals surface area contributed by atoms with Crippen LogP contribution in [0.2, 0.25) is 19.6 Å². The summed E-state index contributed by atoms with van der Waals surface area (Å²) in [5, 5.41) is 1.51. The Balaban J connectivity index is 1.94. The highest BCUT2D eigenvalue weighted by atomic mass is 28.3. The fraction of sp³-hybridized carbons (Fsp3) is 0.278. The van der Waals surface area contributed by atoms with Crippen molar-refractivity contribution in [3.8, 4) is 0 Å². The SMILES string of the molecule is Cc1nc2ccccc2n1Cc1ccc([Si](C)(C)C)cc1. The first-order chi connectivity index (χ1) is 9.95. The third-order valence-electron chi connectivity index (χ3n) is 4.01. The molecule has 3 heteroatoms. The Bertz CT molecular complexity index is 764. The van der Waals surface area contributed by atoms with E-state index in [-0.39, 0.29) is 0 Å². The maximum Gasteiger partial charge on any atom is 0.107 e. The minimum atomic E-state index is -1.21. The monoisotopic (exact) mass is 294 g/mol. The smallest absolute Gasteiger partial charge is 0.107 e. The lowest BCUT2D eigenvalue weighted by molar-refractivity contribution is 0.786. The molecule has 1 aromatic heterocycles. The summed E-state index contributed by atoms with van der Waals surface area (Å²) in [4.78, 5) is 4.64. The molecule has 0 saturated carbocycles. The zero-order valence-corrected chi connectivity index (χ0v) is 14.2. The molecule has 3 rings (SSSR count). The van der Waals surface area contributed by atoms with Gasteiger partial charge < -0.3 is 4.57 Å². The molecule has 0 bridgehead atoms. The topological polar surface area (TPSA) is 17.8 Å². The minimum absolute atomic E-state index is 0.887. The molecule has 108 valence electrons. The number of benzene rings is 2. The first-order valence-electron chi connectivity index (χ1n) is 7.46. The molecule has 0 aliphatic rings. The van der Waals surface area contributed by atoms with E-state index in [4.69, 9.17) is 0 Å². The lowest BCUT2D eigenvalue weighted by Crippen LogP contribution is -2.37. The van der Waals surface area contributed by atoms with Crippen molar-refractivity contribution in [1.29, 1.82) is 0 Å². The van der Waals surface area contributed by atoms with Crippen LogP contribution in [0.1, 0.15) is 11.4 Å². The van der Waals surface area contributed by atoms with Crippen LogP contribution in [-0.4, -0.2) is 17.6 Å². The summed E-state index contributed by atoms with van der Waals surface area (Å²) >= 11 is 0. The van der Waals surface area contributed by atoms with E-state index in [1.165, 1.54) is 16.3 Å². The van der Waals surface area contributed by atoms with E-state index >= 15 is 0 Å². The van der Waals surface area contributed by atoms with Crippen molar-refractivity contribution in [2.24, 2.45) is 0 Å². The quantitative estimate of drug-likeness (QED) is 0.669. The Kier molecular flexibility index (Phi) is 3.45. The van der Waals surface area contributed by atoms with Gasteiger partial charge >= 0.3 is 0 Å². The van der Waals surface area contributed by atoms with Gasteiger partial charge in [0.1, 0.15) is 5.82 Å². The average molecular weight is 294 g/mol. The molecule has 0 unspecified atom stereocenters. The number of fused-ring (bicyclic) bond motifs is 1. The molecular weight excluding hydrogens is 272 g/mol. The molecule has 0 fully saturated rings. The van der Waals surface area contributed by atoms with Crippen LogP contribution in [0.3, 0.4) is 0 Å². The van der Waals surface area contributed by atoms with Gasteiger partial charge in [-0.15, -0.1) is 0 Å². The molecule has 2 aromatic carbocycles. The van der Waals surface area contributed by atoms with Gasteiger partial charge in [0.25, 0.3) is 0 Å². The molecule has 21 heavy (non-hydrogen) atoms. The summed E-state index contributed by atoms with van der Waals surface area (Å²) in [5.74, 6) is 1.07. The van der Waals surface area contributed by atoms with Crippen molar-refractivity contribution in [1.82, 2.24) is 9.55 Å². The van der Waals surface area contributed by atoms with Crippen molar-refractivity contribution in [2.45, 2.75) is 33.1 Å². The normalized spacial score (nSPS) is 12.0. The number of aromatic nitrogens is 2. The molecule has 0 N–H and O–H groups in total. The van der Waals surface area contributed by atoms with Crippen LogP contribution in [0.15, 0.2) is 48.5 Å². The van der Waals surface area contributed by atoms with E-state index in [1.54, 1.807) is 0 Å². The Hall–Kier alpha value is -1.87. The number of hydrogen-bond donors (Lipinski definition) is 0. The van der Waals surface area contributed by atoms with Gasteiger partial charge in [-0.2, -0.15) is 0 Å². The van der Waals surface area contributed by atoms with Crippen LogP contribution < -0.4 is 5.19 Å². The highest BCUT2D eigenvalue weighted by Crippen LogP contribution is 2.17. The number of imidazole rings is 1. The number of aryl methyl sites for hydroxylation is 1. The molecule has 3 aromatic rings. The third kappa shape index (κ3) is 2.79. The van der Waals surface area contributed by atoms with E-state index in [0.717, 1.165) is 17.9 Å². The van der Waals surface area contributed by atoms with Crippen LogP contribution in [0.5, 0.6) is 0 Å². The number of para-hydroxylation sites is 2. The Morgan fingerprint density at radius 3 is 2.29 bits per heavy atom. The van der Waals surface area contributed by atoms with Gasteiger partial charge in [-0.3, -0.25) is 0 Å². The summed E-state index contributed by atoms with van der Waals surface area (Å²) < 4.78 is 2.29. The number of nitrogens with zero attached hydrogens (tertiary/aromatic N) is 2. The molecular formula is C18H22N2Si. The molecule has 0 aliphatic heterocycles. The van der Waals surface area contributed by atoms with Gasteiger partial charge in [0.05, 0.1) is 19.1 Å². The van der Waals surface area contributed by atoms with Crippen LogP contribution in [0.4, 0.5) is 0 Å². The summed E-state index contributed by atoms with van der Waals surface area (Å²) in [6.45, 7) is 10.1. The van der Waals surface area contributed by atoms with Crippen molar-refractivity contribution in [3.63, 3.8) is 0 Å². The van der Waals surface area contributed by atoms with Gasteiger partial charge in [0.2, 0.25) is 0 Å². The summed E-state index contributed by atoms with van der Waals surface area (Å²) in [6, 6.07) is 17.5.